The summed E-state index contributed by atoms with van der Waals surface area (Å²) in [4.78, 5) is 20.7. The van der Waals surface area contributed by atoms with E-state index in [9.17, 15) is 4.79 Å². The van der Waals surface area contributed by atoms with E-state index < -0.39 is 0 Å². The van der Waals surface area contributed by atoms with Crippen LogP contribution in [-0.2, 0) is 13.1 Å². The van der Waals surface area contributed by atoms with Gasteiger partial charge in [0.1, 0.15) is 23.1 Å². The molecule has 1 saturated carbocycles. The number of hydrogen-bond acceptors (Lipinski definition) is 4. The lowest BCUT2D eigenvalue weighted by Crippen LogP contribution is -2.26. The third-order valence-electron chi connectivity index (χ3n) is 3.38. The molecule has 6 nitrogen and oxygen atoms in total. The minimum atomic E-state index is -0.127. The van der Waals surface area contributed by atoms with Crippen LogP contribution in [0.25, 0.3) is 0 Å². The lowest BCUT2D eigenvalue weighted by molar-refractivity contribution is 0.539. The van der Waals surface area contributed by atoms with E-state index in [0.717, 1.165) is 37.5 Å². The van der Waals surface area contributed by atoms with Crippen LogP contribution in [0.5, 0.6) is 0 Å². The van der Waals surface area contributed by atoms with Gasteiger partial charge in [-0.15, -0.1) is 0 Å². The molecule has 0 N–H and O–H groups in total. The van der Waals surface area contributed by atoms with Crippen LogP contribution in [-0.4, -0.2) is 24.3 Å². The zero-order valence-corrected chi connectivity index (χ0v) is 12.0. The quantitative estimate of drug-likeness (QED) is 0.789. The molecule has 0 atom stereocenters. The lowest BCUT2D eigenvalue weighted by atomic mass is 10.3. The molecule has 2 aromatic rings. The zero-order valence-electron chi connectivity index (χ0n) is 11.3. The minimum Gasteiger partial charge on any atom is -0.289 e. The first-order valence-electron chi connectivity index (χ1n) is 6.83. The Labute approximate surface area is 121 Å². The first kappa shape index (κ1) is 13.3. The standard InChI is InChI=1S/C13H16ClN5O/c1-2-5-19-11(15-8-16-19)7-18-12(20)6-10(14)17-13(18)9-3-4-9/h6,8-9H,2-5,7H2,1H3. The molecule has 20 heavy (non-hydrogen) atoms. The summed E-state index contributed by atoms with van der Waals surface area (Å²) >= 11 is 5.90. The van der Waals surface area contributed by atoms with Gasteiger partial charge in [0.2, 0.25) is 0 Å². The average Bonchev–Trinajstić information content (AvgIpc) is 3.16. The van der Waals surface area contributed by atoms with Gasteiger partial charge in [-0.05, 0) is 19.3 Å². The van der Waals surface area contributed by atoms with Gasteiger partial charge in [-0.1, -0.05) is 18.5 Å². The third kappa shape index (κ3) is 2.60. The maximum absolute atomic E-state index is 12.2. The van der Waals surface area contributed by atoms with Crippen LogP contribution < -0.4 is 5.56 Å². The van der Waals surface area contributed by atoms with Crippen LogP contribution in [0.15, 0.2) is 17.2 Å². The highest BCUT2D eigenvalue weighted by molar-refractivity contribution is 6.29. The third-order valence-corrected chi connectivity index (χ3v) is 3.57. The Balaban J connectivity index is 1.97. The highest BCUT2D eigenvalue weighted by Gasteiger charge is 2.29. The summed E-state index contributed by atoms with van der Waals surface area (Å²) in [6.45, 7) is 3.27. The van der Waals surface area contributed by atoms with Crippen molar-refractivity contribution < 1.29 is 0 Å². The first-order valence-corrected chi connectivity index (χ1v) is 7.20. The Hall–Kier alpha value is -1.69. The molecule has 2 heterocycles. The fourth-order valence-corrected chi connectivity index (χ4v) is 2.44. The molecule has 1 aliphatic carbocycles. The van der Waals surface area contributed by atoms with Gasteiger partial charge in [-0.25, -0.2) is 14.6 Å². The fourth-order valence-electron chi connectivity index (χ4n) is 2.26. The van der Waals surface area contributed by atoms with Crippen molar-refractivity contribution in [1.82, 2.24) is 24.3 Å². The molecule has 0 bridgehead atoms. The van der Waals surface area contributed by atoms with Gasteiger partial charge < -0.3 is 0 Å². The highest BCUT2D eigenvalue weighted by atomic mass is 35.5. The van der Waals surface area contributed by atoms with E-state index in [2.05, 4.69) is 22.0 Å². The number of hydrogen-bond donors (Lipinski definition) is 0. The molecule has 7 heteroatoms. The molecule has 1 aliphatic rings. The van der Waals surface area contributed by atoms with E-state index in [0.29, 0.717) is 12.5 Å². The largest absolute Gasteiger partial charge is 0.289 e. The van der Waals surface area contributed by atoms with Gasteiger partial charge in [0, 0.05) is 18.5 Å². The summed E-state index contributed by atoms with van der Waals surface area (Å²) in [7, 11) is 0. The second-order valence-corrected chi connectivity index (χ2v) is 5.42. The van der Waals surface area contributed by atoms with Crippen molar-refractivity contribution in [2.24, 2.45) is 0 Å². The average molecular weight is 294 g/mol. The summed E-state index contributed by atoms with van der Waals surface area (Å²) in [6, 6.07) is 1.36. The van der Waals surface area contributed by atoms with Gasteiger partial charge in [-0.2, -0.15) is 5.10 Å². The zero-order chi connectivity index (χ0) is 14.1. The Kier molecular flexibility index (Phi) is 3.56. The Morgan fingerprint density at radius 1 is 1.45 bits per heavy atom. The molecular formula is C13H16ClN5O. The molecule has 2 aromatic heterocycles. The van der Waals surface area contributed by atoms with Crippen LogP contribution in [0.4, 0.5) is 0 Å². The molecule has 0 spiro atoms. The molecular weight excluding hydrogens is 278 g/mol. The maximum Gasteiger partial charge on any atom is 0.255 e. The van der Waals surface area contributed by atoms with Gasteiger partial charge in [0.05, 0.1) is 6.54 Å². The number of halogens is 1. The Morgan fingerprint density at radius 3 is 2.95 bits per heavy atom. The number of rotatable bonds is 5. The fraction of sp³-hybridized carbons (Fsp3) is 0.538. The van der Waals surface area contributed by atoms with Crippen LogP contribution >= 0.6 is 11.6 Å². The van der Waals surface area contributed by atoms with Crippen molar-refractivity contribution >= 4 is 11.6 Å². The summed E-state index contributed by atoms with van der Waals surface area (Å²) in [5.74, 6) is 1.90. The van der Waals surface area contributed by atoms with Gasteiger partial charge in [-0.3, -0.25) is 9.36 Å². The summed E-state index contributed by atoms with van der Waals surface area (Å²) in [5.41, 5.74) is -0.127. The van der Waals surface area contributed by atoms with Crippen LogP contribution in [0, 0.1) is 0 Å². The predicted molar refractivity (Wildman–Crippen MR) is 74.9 cm³/mol. The van der Waals surface area contributed by atoms with E-state index in [1.807, 2.05) is 4.68 Å². The number of nitrogens with zero attached hydrogens (tertiary/aromatic N) is 5. The Bertz CT molecular complexity index is 674. The minimum absolute atomic E-state index is 0.127. The summed E-state index contributed by atoms with van der Waals surface area (Å²) in [5, 5.41) is 4.45. The van der Waals surface area contributed by atoms with E-state index >= 15 is 0 Å². The molecule has 1 fully saturated rings. The van der Waals surface area contributed by atoms with Crippen molar-refractivity contribution in [3.05, 3.63) is 39.5 Å². The van der Waals surface area contributed by atoms with Crippen molar-refractivity contribution in [3.8, 4) is 0 Å². The normalized spacial score (nSPS) is 14.7. The second kappa shape index (κ2) is 5.36. The van der Waals surface area contributed by atoms with E-state index in [-0.39, 0.29) is 10.7 Å². The van der Waals surface area contributed by atoms with E-state index in [1.165, 1.54) is 12.4 Å². The van der Waals surface area contributed by atoms with Crippen molar-refractivity contribution in [3.63, 3.8) is 0 Å². The van der Waals surface area contributed by atoms with Crippen LogP contribution in [0.2, 0.25) is 5.15 Å². The van der Waals surface area contributed by atoms with E-state index in [1.54, 1.807) is 4.57 Å². The Morgan fingerprint density at radius 2 is 2.25 bits per heavy atom. The number of aromatic nitrogens is 5. The van der Waals surface area contributed by atoms with Crippen molar-refractivity contribution in [2.45, 2.75) is 45.2 Å². The molecule has 0 aliphatic heterocycles. The van der Waals surface area contributed by atoms with E-state index in [4.69, 9.17) is 11.6 Å². The molecule has 0 unspecified atom stereocenters. The van der Waals surface area contributed by atoms with Gasteiger partial charge in [0.25, 0.3) is 5.56 Å². The van der Waals surface area contributed by atoms with Gasteiger partial charge >= 0.3 is 0 Å². The maximum atomic E-state index is 12.2. The van der Waals surface area contributed by atoms with Crippen LogP contribution in [0.1, 0.15) is 43.8 Å². The molecule has 106 valence electrons. The molecule has 0 saturated heterocycles. The highest BCUT2D eigenvalue weighted by Crippen LogP contribution is 2.38. The predicted octanol–water partition coefficient (Wildman–Crippen LogP) is 1.82. The lowest BCUT2D eigenvalue weighted by Gasteiger charge is -2.11. The first-order chi connectivity index (χ1) is 9.69. The topological polar surface area (TPSA) is 65.6 Å². The van der Waals surface area contributed by atoms with Crippen molar-refractivity contribution in [1.29, 1.82) is 0 Å². The van der Waals surface area contributed by atoms with Crippen molar-refractivity contribution in [2.75, 3.05) is 0 Å². The molecule has 0 aromatic carbocycles. The summed E-state index contributed by atoms with van der Waals surface area (Å²) < 4.78 is 3.50. The van der Waals surface area contributed by atoms with Gasteiger partial charge in [0.15, 0.2) is 0 Å². The molecule has 0 amide bonds. The summed E-state index contributed by atoms with van der Waals surface area (Å²) in [6.07, 6.45) is 4.62. The SMILES string of the molecule is CCCn1ncnc1Cn1c(C2CC2)nc(Cl)cc1=O. The van der Waals surface area contributed by atoms with Crippen LogP contribution in [0.3, 0.4) is 0 Å². The second-order valence-electron chi connectivity index (χ2n) is 5.04. The molecule has 3 rings (SSSR count). The smallest absolute Gasteiger partial charge is 0.255 e. The number of aryl methyl sites for hydroxylation is 1. The molecule has 0 radical (unpaired) electrons. The monoisotopic (exact) mass is 293 g/mol.